The normalized spacial score (nSPS) is 14.2. The summed E-state index contributed by atoms with van der Waals surface area (Å²) in [4.78, 5) is 27.6. The second kappa shape index (κ2) is 9.59. The molecular formula is C26H27N5O3S2. The van der Waals surface area contributed by atoms with E-state index in [4.69, 9.17) is 10.7 Å². The number of ketones is 1. The summed E-state index contributed by atoms with van der Waals surface area (Å²) in [5, 5.41) is 0.819. The van der Waals surface area contributed by atoms with Crippen LogP contribution in [0, 0.1) is 13.8 Å². The van der Waals surface area contributed by atoms with Crippen LogP contribution in [0.25, 0.3) is 10.2 Å². The van der Waals surface area contributed by atoms with E-state index < -0.39 is 10.0 Å². The highest BCUT2D eigenvalue weighted by Gasteiger charge is 2.22. The Labute approximate surface area is 214 Å². The lowest BCUT2D eigenvalue weighted by atomic mass is 9.96. The molecule has 0 bridgehead atoms. The van der Waals surface area contributed by atoms with Gasteiger partial charge in [0.25, 0.3) is 10.0 Å². The van der Waals surface area contributed by atoms with Crippen LogP contribution in [0.5, 0.6) is 0 Å². The smallest absolute Gasteiger partial charge is 0.264 e. The number of thiophene rings is 1. The summed E-state index contributed by atoms with van der Waals surface area (Å²) < 4.78 is 28.0. The van der Waals surface area contributed by atoms with E-state index in [1.807, 2.05) is 0 Å². The lowest BCUT2D eigenvalue weighted by Gasteiger charge is -2.12. The highest BCUT2D eigenvalue weighted by Crippen LogP contribution is 2.36. The van der Waals surface area contributed by atoms with Crippen LogP contribution in [0.4, 0.5) is 11.6 Å². The number of nitrogen functional groups attached to an aromatic ring is 1. The standard InChI is InChI=1S/C26H27N5O3S2/c1-15-13-16(2)29-26(28-15)31-36(33,34)19-11-9-17(10-12-19)23(32)24-22(27)20-14-18-7-5-3-4-6-8-21(18)30-25(20)35-24/h9-14H,3-8,27H2,1-2H3,(H,28,29,31). The molecule has 0 amide bonds. The third-order valence-electron chi connectivity index (χ3n) is 6.34. The van der Waals surface area contributed by atoms with Crippen LogP contribution in [0.1, 0.15) is 63.6 Å². The summed E-state index contributed by atoms with van der Waals surface area (Å²) in [5.41, 5.74) is 10.9. The number of benzene rings is 1. The molecule has 8 nitrogen and oxygen atoms in total. The van der Waals surface area contributed by atoms with Crippen molar-refractivity contribution in [2.75, 3.05) is 10.5 Å². The van der Waals surface area contributed by atoms with Crippen molar-refractivity contribution in [1.29, 1.82) is 0 Å². The number of pyridine rings is 1. The highest BCUT2D eigenvalue weighted by molar-refractivity contribution is 7.92. The first-order chi connectivity index (χ1) is 17.2. The fraction of sp³-hybridized carbons (Fsp3) is 0.308. The average molecular weight is 522 g/mol. The monoisotopic (exact) mass is 521 g/mol. The molecule has 186 valence electrons. The fourth-order valence-corrected chi connectivity index (χ4v) is 6.55. The summed E-state index contributed by atoms with van der Waals surface area (Å²) in [5.74, 6) is -0.246. The maximum Gasteiger partial charge on any atom is 0.264 e. The van der Waals surface area contributed by atoms with Crippen LogP contribution in [0.2, 0.25) is 0 Å². The van der Waals surface area contributed by atoms with Gasteiger partial charge in [-0.05, 0) is 81.5 Å². The summed E-state index contributed by atoms with van der Waals surface area (Å²) in [6.07, 6.45) is 6.62. The van der Waals surface area contributed by atoms with Crippen molar-refractivity contribution in [3.05, 3.63) is 69.5 Å². The molecule has 1 aromatic carbocycles. The number of sulfonamides is 1. The Morgan fingerprint density at radius 1 is 0.944 bits per heavy atom. The molecule has 0 spiro atoms. The van der Waals surface area contributed by atoms with E-state index in [-0.39, 0.29) is 16.6 Å². The van der Waals surface area contributed by atoms with Gasteiger partial charge >= 0.3 is 0 Å². The first-order valence-corrected chi connectivity index (χ1v) is 14.2. The zero-order chi connectivity index (χ0) is 25.4. The van der Waals surface area contributed by atoms with E-state index in [1.165, 1.54) is 54.0 Å². The molecule has 0 fully saturated rings. The minimum Gasteiger partial charge on any atom is -0.397 e. The first-order valence-electron chi connectivity index (χ1n) is 11.9. The Hall–Kier alpha value is -3.37. The number of carbonyl (C=O) groups is 1. The van der Waals surface area contributed by atoms with E-state index in [1.54, 1.807) is 19.9 Å². The number of carbonyl (C=O) groups excluding carboxylic acids is 1. The molecule has 3 N–H and O–H groups in total. The maximum atomic E-state index is 13.3. The number of hydrogen-bond donors (Lipinski definition) is 2. The van der Waals surface area contributed by atoms with Crippen molar-refractivity contribution < 1.29 is 13.2 Å². The van der Waals surface area contributed by atoms with E-state index in [0.717, 1.165) is 41.6 Å². The van der Waals surface area contributed by atoms with E-state index in [9.17, 15) is 13.2 Å². The van der Waals surface area contributed by atoms with Gasteiger partial charge in [-0.25, -0.2) is 28.1 Å². The van der Waals surface area contributed by atoms with Crippen LogP contribution in [-0.2, 0) is 22.9 Å². The number of aromatic nitrogens is 3. The molecule has 3 heterocycles. The van der Waals surface area contributed by atoms with Gasteiger partial charge in [0.1, 0.15) is 9.71 Å². The molecule has 36 heavy (non-hydrogen) atoms. The number of nitrogens with one attached hydrogen (secondary N) is 1. The number of rotatable bonds is 5. The van der Waals surface area contributed by atoms with E-state index >= 15 is 0 Å². The first kappa shape index (κ1) is 24.3. The number of nitrogens with two attached hydrogens (primary N) is 1. The lowest BCUT2D eigenvalue weighted by Crippen LogP contribution is -2.16. The van der Waals surface area contributed by atoms with Crippen molar-refractivity contribution in [3.63, 3.8) is 0 Å². The SMILES string of the molecule is Cc1cc(C)nc(NS(=O)(=O)c2ccc(C(=O)c3sc4nc5c(cc4c3N)CCCCCC5)cc2)n1. The third-order valence-corrected chi connectivity index (χ3v) is 8.80. The molecule has 5 rings (SSSR count). The molecule has 0 unspecified atom stereocenters. The number of aryl methyl sites for hydroxylation is 4. The van der Waals surface area contributed by atoms with Gasteiger partial charge in [-0.2, -0.15) is 0 Å². The molecule has 3 aromatic heterocycles. The van der Waals surface area contributed by atoms with Gasteiger partial charge in [0.15, 0.2) is 0 Å². The Balaban J connectivity index is 1.42. The molecule has 1 aliphatic carbocycles. The molecule has 1 aliphatic rings. The average Bonchev–Trinajstić information content (AvgIpc) is 3.13. The van der Waals surface area contributed by atoms with Crippen molar-refractivity contribution in [2.24, 2.45) is 0 Å². The maximum absolute atomic E-state index is 13.3. The van der Waals surface area contributed by atoms with Crippen molar-refractivity contribution in [1.82, 2.24) is 15.0 Å². The lowest BCUT2D eigenvalue weighted by molar-refractivity contribution is 0.104. The Morgan fingerprint density at radius 2 is 1.61 bits per heavy atom. The zero-order valence-electron chi connectivity index (χ0n) is 20.2. The van der Waals surface area contributed by atoms with E-state index in [2.05, 4.69) is 20.8 Å². The zero-order valence-corrected chi connectivity index (χ0v) is 21.8. The van der Waals surface area contributed by atoms with Gasteiger partial charge in [-0.15, -0.1) is 11.3 Å². The van der Waals surface area contributed by atoms with Gasteiger partial charge in [0, 0.05) is 28.0 Å². The van der Waals surface area contributed by atoms with Gasteiger partial charge < -0.3 is 5.73 Å². The summed E-state index contributed by atoms with van der Waals surface area (Å²) in [7, 11) is -3.92. The molecule has 0 saturated carbocycles. The van der Waals surface area contributed by atoms with Crippen LogP contribution >= 0.6 is 11.3 Å². The number of fused-ring (bicyclic) bond motifs is 2. The van der Waals surface area contributed by atoms with Crippen molar-refractivity contribution in [3.8, 4) is 0 Å². The van der Waals surface area contributed by atoms with Crippen molar-refractivity contribution in [2.45, 2.75) is 57.3 Å². The minimum absolute atomic E-state index is 0.00676. The molecule has 0 aliphatic heterocycles. The van der Waals surface area contributed by atoms with Gasteiger partial charge in [0.2, 0.25) is 11.7 Å². The van der Waals surface area contributed by atoms with Crippen molar-refractivity contribution >= 4 is 49.0 Å². The summed E-state index contributed by atoms with van der Waals surface area (Å²) in [6, 6.07) is 9.64. The van der Waals surface area contributed by atoms with E-state index in [0.29, 0.717) is 27.5 Å². The Kier molecular flexibility index (Phi) is 6.48. The number of nitrogens with zero attached hydrogens (tertiary/aromatic N) is 3. The molecule has 0 radical (unpaired) electrons. The van der Waals surface area contributed by atoms with Crippen LogP contribution in [0.15, 0.2) is 41.3 Å². The second-order valence-electron chi connectivity index (χ2n) is 9.14. The largest absolute Gasteiger partial charge is 0.397 e. The van der Waals surface area contributed by atoms with Gasteiger partial charge in [-0.1, -0.05) is 12.8 Å². The Morgan fingerprint density at radius 3 is 2.31 bits per heavy atom. The van der Waals surface area contributed by atoms with Crippen LogP contribution in [0.3, 0.4) is 0 Å². The predicted molar refractivity (Wildman–Crippen MR) is 142 cm³/mol. The molecular weight excluding hydrogens is 494 g/mol. The second-order valence-corrected chi connectivity index (χ2v) is 11.8. The molecule has 4 aromatic rings. The quantitative estimate of drug-likeness (QED) is 0.355. The molecule has 0 atom stereocenters. The summed E-state index contributed by atoms with van der Waals surface area (Å²) >= 11 is 1.29. The van der Waals surface area contributed by atoms with Gasteiger partial charge in [-0.3, -0.25) is 4.79 Å². The minimum atomic E-state index is -3.92. The third kappa shape index (κ3) is 4.83. The summed E-state index contributed by atoms with van der Waals surface area (Å²) in [6.45, 7) is 3.53. The Bertz CT molecular complexity index is 1560. The van der Waals surface area contributed by atoms with Gasteiger partial charge in [0.05, 0.1) is 10.6 Å². The number of anilines is 2. The topological polar surface area (TPSA) is 128 Å². The predicted octanol–water partition coefficient (Wildman–Crippen LogP) is 4.98. The number of hydrogen-bond acceptors (Lipinski definition) is 8. The molecule has 10 heteroatoms. The van der Waals surface area contributed by atoms with Crippen LogP contribution in [-0.4, -0.2) is 29.2 Å². The fourth-order valence-electron chi connectivity index (χ4n) is 4.55. The van der Waals surface area contributed by atoms with Crippen LogP contribution < -0.4 is 10.5 Å². The molecule has 0 saturated heterocycles. The highest BCUT2D eigenvalue weighted by atomic mass is 32.2.